The van der Waals surface area contributed by atoms with Crippen LogP contribution < -0.4 is 18.9 Å². The van der Waals surface area contributed by atoms with Crippen LogP contribution in [0.4, 0.5) is 0 Å². The van der Waals surface area contributed by atoms with Crippen molar-refractivity contribution in [2.75, 3.05) is 20.3 Å². The third kappa shape index (κ3) is 8.02. The number of rotatable bonds is 12. The largest absolute Gasteiger partial charge is 0.497 e. The molecule has 0 fully saturated rings. The molecule has 3 aromatic carbocycles. The molecular weight excluding hydrogens is 464 g/mol. The van der Waals surface area contributed by atoms with E-state index in [9.17, 15) is 14.4 Å². The molecule has 0 radical (unpaired) electrons. The summed E-state index contributed by atoms with van der Waals surface area (Å²) in [5, 5.41) is 0. The SMILES string of the molecule is C=CC(=O)OCCCCOc1ccc(C(=O)Oc2ccc(OC(=O)c3ccc(OC)cc3)cc2)cc1. The number of carbonyl (C=O) groups is 3. The third-order valence-corrected chi connectivity index (χ3v) is 4.88. The van der Waals surface area contributed by atoms with Gasteiger partial charge >= 0.3 is 17.9 Å². The summed E-state index contributed by atoms with van der Waals surface area (Å²) in [5.74, 6) is 0.382. The fourth-order valence-corrected chi connectivity index (χ4v) is 2.95. The highest BCUT2D eigenvalue weighted by Gasteiger charge is 2.11. The monoisotopic (exact) mass is 490 g/mol. The van der Waals surface area contributed by atoms with E-state index in [4.69, 9.17) is 23.7 Å². The summed E-state index contributed by atoms with van der Waals surface area (Å²) in [6.45, 7) is 4.09. The van der Waals surface area contributed by atoms with E-state index in [1.54, 1.807) is 79.9 Å². The van der Waals surface area contributed by atoms with E-state index in [2.05, 4.69) is 6.58 Å². The van der Waals surface area contributed by atoms with E-state index in [1.807, 2.05) is 0 Å². The number of benzene rings is 3. The van der Waals surface area contributed by atoms with Crippen LogP contribution in [0.5, 0.6) is 23.0 Å². The van der Waals surface area contributed by atoms with Crippen LogP contribution >= 0.6 is 0 Å². The Bertz CT molecular complexity index is 1170. The van der Waals surface area contributed by atoms with Crippen LogP contribution in [-0.4, -0.2) is 38.2 Å². The Morgan fingerprint density at radius 1 is 0.667 bits per heavy atom. The molecule has 0 aliphatic rings. The van der Waals surface area contributed by atoms with Crippen molar-refractivity contribution in [2.45, 2.75) is 12.8 Å². The summed E-state index contributed by atoms with van der Waals surface area (Å²) in [7, 11) is 1.55. The zero-order valence-electron chi connectivity index (χ0n) is 19.8. The molecule has 0 unspecified atom stereocenters. The number of unbranched alkanes of at least 4 members (excludes halogenated alkanes) is 1. The van der Waals surface area contributed by atoms with E-state index in [0.29, 0.717) is 60.2 Å². The predicted octanol–water partition coefficient (Wildman–Crippen LogP) is 5.02. The predicted molar refractivity (Wildman–Crippen MR) is 132 cm³/mol. The zero-order chi connectivity index (χ0) is 25.8. The van der Waals surface area contributed by atoms with Crippen molar-refractivity contribution in [3.05, 3.63) is 96.6 Å². The summed E-state index contributed by atoms with van der Waals surface area (Å²) >= 11 is 0. The van der Waals surface area contributed by atoms with Crippen LogP contribution in [0, 0.1) is 0 Å². The fourth-order valence-electron chi connectivity index (χ4n) is 2.95. The van der Waals surface area contributed by atoms with E-state index in [1.165, 1.54) is 0 Å². The number of ether oxygens (including phenoxy) is 5. The number of hydrogen-bond donors (Lipinski definition) is 0. The topological polar surface area (TPSA) is 97.4 Å². The minimum Gasteiger partial charge on any atom is -0.497 e. The second kappa shape index (κ2) is 13.3. The lowest BCUT2D eigenvalue weighted by Gasteiger charge is -2.09. The molecule has 0 amide bonds. The van der Waals surface area contributed by atoms with Crippen molar-refractivity contribution in [2.24, 2.45) is 0 Å². The number of esters is 3. The molecule has 0 saturated carbocycles. The van der Waals surface area contributed by atoms with Gasteiger partial charge in [-0.3, -0.25) is 0 Å². The van der Waals surface area contributed by atoms with Crippen LogP contribution in [0.2, 0.25) is 0 Å². The maximum atomic E-state index is 12.4. The van der Waals surface area contributed by atoms with Gasteiger partial charge in [-0.2, -0.15) is 0 Å². The average Bonchev–Trinajstić information content (AvgIpc) is 2.91. The van der Waals surface area contributed by atoms with Crippen LogP contribution in [-0.2, 0) is 9.53 Å². The first-order valence-corrected chi connectivity index (χ1v) is 11.2. The second-order valence-corrected chi connectivity index (χ2v) is 7.43. The summed E-state index contributed by atoms with van der Waals surface area (Å²) in [4.78, 5) is 35.6. The van der Waals surface area contributed by atoms with Crippen molar-refractivity contribution < 1.29 is 38.1 Å². The van der Waals surface area contributed by atoms with Crippen LogP contribution in [0.1, 0.15) is 33.6 Å². The van der Waals surface area contributed by atoms with Gasteiger partial charge in [0.2, 0.25) is 0 Å². The Morgan fingerprint density at radius 2 is 1.11 bits per heavy atom. The van der Waals surface area contributed by atoms with Gasteiger partial charge in [0.25, 0.3) is 0 Å². The maximum absolute atomic E-state index is 12.4. The summed E-state index contributed by atoms with van der Waals surface area (Å²) in [6.07, 6.45) is 2.50. The fraction of sp³-hybridized carbons (Fsp3) is 0.179. The first kappa shape index (κ1) is 26.0. The van der Waals surface area contributed by atoms with Gasteiger partial charge in [-0.25, -0.2) is 14.4 Å². The molecule has 3 rings (SSSR count). The minimum atomic E-state index is -0.534. The minimum absolute atomic E-state index is 0.307. The van der Waals surface area contributed by atoms with Gasteiger partial charge in [-0.15, -0.1) is 0 Å². The molecule has 0 bridgehead atoms. The average molecular weight is 491 g/mol. The first-order valence-electron chi connectivity index (χ1n) is 11.2. The molecule has 0 heterocycles. The Hall–Kier alpha value is -4.59. The van der Waals surface area contributed by atoms with Gasteiger partial charge in [0.05, 0.1) is 31.5 Å². The third-order valence-electron chi connectivity index (χ3n) is 4.88. The maximum Gasteiger partial charge on any atom is 0.343 e. The standard InChI is InChI=1S/C28H26O8/c1-3-26(29)34-19-5-4-18-33-23-12-8-21(9-13-23)28(31)36-25-16-14-24(15-17-25)35-27(30)20-6-10-22(32-2)11-7-20/h3,6-17H,1,4-5,18-19H2,2H3. The van der Waals surface area contributed by atoms with Gasteiger partial charge in [0.15, 0.2) is 0 Å². The van der Waals surface area contributed by atoms with Gasteiger partial charge < -0.3 is 23.7 Å². The van der Waals surface area contributed by atoms with Gasteiger partial charge in [-0.05, 0) is 85.6 Å². The van der Waals surface area contributed by atoms with Crippen molar-refractivity contribution in [1.82, 2.24) is 0 Å². The molecule has 186 valence electrons. The molecule has 0 aromatic heterocycles. The van der Waals surface area contributed by atoms with E-state index in [-0.39, 0.29) is 0 Å². The van der Waals surface area contributed by atoms with Gasteiger partial charge in [-0.1, -0.05) is 6.58 Å². The molecular formula is C28H26O8. The lowest BCUT2D eigenvalue weighted by molar-refractivity contribution is -0.137. The van der Waals surface area contributed by atoms with E-state index >= 15 is 0 Å². The van der Waals surface area contributed by atoms with Gasteiger partial charge in [0, 0.05) is 6.08 Å². The Kier molecular flexibility index (Phi) is 9.64. The Morgan fingerprint density at radius 3 is 1.58 bits per heavy atom. The smallest absolute Gasteiger partial charge is 0.343 e. The number of hydrogen-bond acceptors (Lipinski definition) is 8. The van der Waals surface area contributed by atoms with Crippen molar-refractivity contribution in [3.8, 4) is 23.0 Å². The first-order chi connectivity index (χ1) is 17.5. The summed E-state index contributed by atoms with van der Waals surface area (Å²) in [6, 6.07) is 19.3. The molecule has 0 saturated heterocycles. The Labute approximate surface area is 209 Å². The zero-order valence-corrected chi connectivity index (χ0v) is 19.8. The number of carbonyl (C=O) groups excluding carboxylic acids is 3. The number of methoxy groups -OCH3 is 1. The quantitative estimate of drug-likeness (QED) is 0.151. The molecule has 0 aliphatic heterocycles. The molecule has 8 heteroatoms. The van der Waals surface area contributed by atoms with E-state index in [0.717, 1.165) is 6.08 Å². The van der Waals surface area contributed by atoms with Crippen LogP contribution in [0.15, 0.2) is 85.5 Å². The highest BCUT2D eigenvalue weighted by Crippen LogP contribution is 2.21. The second-order valence-electron chi connectivity index (χ2n) is 7.43. The highest BCUT2D eigenvalue weighted by atomic mass is 16.5. The molecule has 3 aromatic rings. The molecule has 0 spiro atoms. The van der Waals surface area contributed by atoms with Crippen LogP contribution in [0.25, 0.3) is 0 Å². The molecule has 0 aliphatic carbocycles. The molecule has 0 atom stereocenters. The van der Waals surface area contributed by atoms with Gasteiger partial charge in [0.1, 0.15) is 23.0 Å². The summed E-state index contributed by atoms with van der Waals surface area (Å²) in [5.41, 5.74) is 0.737. The van der Waals surface area contributed by atoms with Crippen LogP contribution in [0.3, 0.4) is 0 Å². The summed E-state index contributed by atoms with van der Waals surface area (Å²) < 4.78 is 26.3. The lowest BCUT2D eigenvalue weighted by Crippen LogP contribution is -2.09. The van der Waals surface area contributed by atoms with Crippen molar-refractivity contribution in [1.29, 1.82) is 0 Å². The Balaban J connectivity index is 1.43. The highest BCUT2D eigenvalue weighted by molar-refractivity contribution is 5.92. The van der Waals surface area contributed by atoms with Crippen molar-refractivity contribution >= 4 is 17.9 Å². The molecule has 0 N–H and O–H groups in total. The molecule has 36 heavy (non-hydrogen) atoms. The van der Waals surface area contributed by atoms with Crippen molar-refractivity contribution in [3.63, 3.8) is 0 Å². The molecule has 8 nitrogen and oxygen atoms in total. The lowest BCUT2D eigenvalue weighted by atomic mass is 10.2. The normalized spacial score (nSPS) is 10.1. The van der Waals surface area contributed by atoms with E-state index < -0.39 is 17.9 Å².